The van der Waals surface area contributed by atoms with Crippen LogP contribution >= 0.6 is 0 Å². The number of aryl methyl sites for hydroxylation is 1. The summed E-state index contributed by atoms with van der Waals surface area (Å²) in [6.07, 6.45) is 2.76. The number of carbonyl (C=O) groups excluding carboxylic acids is 1. The molecule has 0 saturated carbocycles. The predicted molar refractivity (Wildman–Crippen MR) is 79.6 cm³/mol. The van der Waals surface area contributed by atoms with Crippen molar-refractivity contribution in [3.63, 3.8) is 0 Å². The van der Waals surface area contributed by atoms with E-state index in [2.05, 4.69) is 16.8 Å². The molecular weight excluding hydrogens is 252 g/mol. The van der Waals surface area contributed by atoms with Crippen LogP contribution in [-0.2, 0) is 0 Å². The molecule has 0 spiro atoms. The fraction of sp³-hybridized carbons (Fsp3) is 0.600. The zero-order chi connectivity index (χ0) is 14.5. The number of hydrogen-bond acceptors (Lipinski definition) is 4. The summed E-state index contributed by atoms with van der Waals surface area (Å²) in [5.41, 5.74) is 7.40. The van der Waals surface area contributed by atoms with E-state index in [0.29, 0.717) is 12.6 Å². The van der Waals surface area contributed by atoms with Gasteiger partial charge in [0.1, 0.15) is 0 Å². The highest BCUT2D eigenvalue weighted by Gasteiger charge is 2.25. The van der Waals surface area contributed by atoms with E-state index < -0.39 is 0 Å². The largest absolute Gasteiger partial charge is 0.336 e. The van der Waals surface area contributed by atoms with Gasteiger partial charge in [-0.25, -0.2) is 0 Å². The van der Waals surface area contributed by atoms with E-state index in [1.54, 1.807) is 12.3 Å². The van der Waals surface area contributed by atoms with Gasteiger partial charge in [-0.15, -0.1) is 0 Å². The maximum atomic E-state index is 12.4. The van der Waals surface area contributed by atoms with Crippen molar-refractivity contribution in [1.29, 1.82) is 0 Å². The fourth-order valence-electron chi connectivity index (χ4n) is 2.73. The van der Waals surface area contributed by atoms with Gasteiger partial charge >= 0.3 is 0 Å². The van der Waals surface area contributed by atoms with Crippen LogP contribution in [0.2, 0.25) is 0 Å². The first kappa shape index (κ1) is 14.9. The smallest absolute Gasteiger partial charge is 0.254 e. The molecule has 1 unspecified atom stereocenters. The molecule has 1 saturated heterocycles. The Hall–Kier alpha value is -1.46. The summed E-state index contributed by atoms with van der Waals surface area (Å²) in [6.45, 7) is 8.12. The van der Waals surface area contributed by atoms with E-state index >= 15 is 0 Å². The molecule has 1 aromatic rings. The van der Waals surface area contributed by atoms with Gasteiger partial charge in [-0.2, -0.15) is 0 Å². The second kappa shape index (κ2) is 6.81. The van der Waals surface area contributed by atoms with Gasteiger partial charge in [0.05, 0.1) is 0 Å². The third-order valence-electron chi connectivity index (χ3n) is 4.00. The first-order valence-electron chi connectivity index (χ1n) is 7.31. The molecule has 5 heteroatoms. The highest BCUT2D eigenvalue weighted by molar-refractivity contribution is 5.94. The summed E-state index contributed by atoms with van der Waals surface area (Å²) in [6, 6.07) is 4.08. The van der Waals surface area contributed by atoms with Crippen molar-refractivity contribution >= 4 is 5.91 Å². The molecule has 1 aliphatic rings. The molecule has 0 aromatic carbocycles. The molecule has 5 nitrogen and oxygen atoms in total. The zero-order valence-electron chi connectivity index (χ0n) is 12.4. The van der Waals surface area contributed by atoms with Crippen LogP contribution in [-0.4, -0.2) is 59.5 Å². The Labute approximate surface area is 120 Å². The number of rotatable bonds is 4. The predicted octanol–water partition coefficient (Wildman–Crippen LogP) is 0.885. The number of hydrogen-bond donors (Lipinski definition) is 1. The molecule has 2 rings (SSSR count). The molecular formula is C15H24N4O. The second-order valence-corrected chi connectivity index (χ2v) is 5.31. The average Bonchev–Trinajstić information content (AvgIpc) is 2.48. The summed E-state index contributed by atoms with van der Waals surface area (Å²) >= 11 is 0. The normalized spacial score (nSPS) is 18.1. The first-order chi connectivity index (χ1) is 9.65. The third kappa shape index (κ3) is 3.35. The average molecular weight is 276 g/mol. The van der Waals surface area contributed by atoms with Crippen LogP contribution in [0.25, 0.3) is 0 Å². The lowest BCUT2D eigenvalue weighted by atomic mass is 10.1. The van der Waals surface area contributed by atoms with Crippen LogP contribution in [0, 0.1) is 6.92 Å². The minimum absolute atomic E-state index is 0.107. The number of aromatic nitrogens is 1. The van der Waals surface area contributed by atoms with Crippen LogP contribution in [0.4, 0.5) is 0 Å². The third-order valence-corrected chi connectivity index (χ3v) is 4.00. The van der Waals surface area contributed by atoms with E-state index in [1.165, 1.54) is 0 Å². The van der Waals surface area contributed by atoms with Crippen molar-refractivity contribution in [2.24, 2.45) is 5.73 Å². The molecule has 1 aromatic heterocycles. The lowest BCUT2D eigenvalue weighted by Crippen LogP contribution is -2.53. The standard InChI is InChI=1S/C15H24N4O/c1-3-14(11-16)18-6-8-19(9-7-18)15(20)13-4-5-17-12(2)10-13/h4-5,10,14H,3,6-9,11,16H2,1-2H3. The van der Waals surface area contributed by atoms with Crippen molar-refractivity contribution in [2.45, 2.75) is 26.3 Å². The molecule has 2 heterocycles. The summed E-state index contributed by atoms with van der Waals surface area (Å²) in [7, 11) is 0. The number of pyridine rings is 1. The Kier molecular flexibility index (Phi) is 5.09. The van der Waals surface area contributed by atoms with Gasteiger partial charge in [0.15, 0.2) is 0 Å². The monoisotopic (exact) mass is 276 g/mol. The number of carbonyl (C=O) groups is 1. The van der Waals surface area contributed by atoms with Crippen molar-refractivity contribution in [3.8, 4) is 0 Å². The molecule has 2 N–H and O–H groups in total. The van der Waals surface area contributed by atoms with E-state index in [4.69, 9.17) is 5.73 Å². The number of amides is 1. The van der Waals surface area contributed by atoms with E-state index in [0.717, 1.165) is 43.9 Å². The van der Waals surface area contributed by atoms with Crippen LogP contribution in [0.1, 0.15) is 29.4 Å². The minimum Gasteiger partial charge on any atom is -0.336 e. The van der Waals surface area contributed by atoms with E-state index in [9.17, 15) is 4.79 Å². The second-order valence-electron chi connectivity index (χ2n) is 5.31. The van der Waals surface area contributed by atoms with Gasteiger partial charge in [-0.3, -0.25) is 14.7 Å². The summed E-state index contributed by atoms with van der Waals surface area (Å²) in [5.74, 6) is 0.107. The Morgan fingerprint density at radius 2 is 2.10 bits per heavy atom. The Morgan fingerprint density at radius 3 is 2.65 bits per heavy atom. The fourth-order valence-corrected chi connectivity index (χ4v) is 2.73. The number of piperazine rings is 1. The number of nitrogens with zero attached hydrogens (tertiary/aromatic N) is 3. The molecule has 0 bridgehead atoms. The summed E-state index contributed by atoms with van der Waals surface area (Å²) in [5, 5.41) is 0. The Balaban J connectivity index is 1.95. The van der Waals surface area contributed by atoms with Gasteiger partial charge in [-0.05, 0) is 25.5 Å². The van der Waals surface area contributed by atoms with Gasteiger partial charge in [0.2, 0.25) is 0 Å². The zero-order valence-corrected chi connectivity index (χ0v) is 12.4. The highest BCUT2D eigenvalue weighted by Crippen LogP contribution is 2.12. The topological polar surface area (TPSA) is 62.5 Å². The molecule has 1 aliphatic heterocycles. The lowest BCUT2D eigenvalue weighted by Gasteiger charge is -2.38. The Morgan fingerprint density at radius 1 is 1.40 bits per heavy atom. The molecule has 1 atom stereocenters. The van der Waals surface area contributed by atoms with Gasteiger partial charge in [0.25, 0.3) is 5.91 Å². The number of nitrogens with two attached hydrogens (primary N) is 1. The first-order valence-corrected chi connectivity index (χ1v) is 7.31. The maximum absolute atomic E-state index is 12.4. The van der Waals surface area contributed by atoms with Crippen molar-refractivity contribution in [1.82, 2.24) is 14.8 Å². The molecule has 1 fully saturated rings. The molecule has 0 aliphatic carbocycles. The highest BCUT2D eigenvalue weighted by atomic mass is 16.2. The molecule has 1 amide bonds. The molecule has 110 valence electrons. The quantitative estimate of drug-likeness (QED) is 0.887. The van der Waals surface area contributed by atoms with Crippen molar-refractivity contribution in [2.75, 3.05) is 32.7 Å². The van der Waals surface area contributed by atoms with Crippen molar-refractivity contribution < 1.29 is 4.79 Å². The van der Waals surface area contributed by atoms with Gasteiger partial charge < -0.3 is 10.6 Å². The van der Waals surface area contributed by atoms with Crippen LogP contribution in [0.5, 0.6) is 0 Å². The van der Waals surface area contributed by atoms with Crippen LogP contribution < -0.4 is 5.73 Å². The van der Waals surface area contributed by atoms with Crippen LogP contribution in [0.15, 0.2) is 18.3 Å². The van der Waals surface area contributed by atoms with Crippen molar-refractivity contribution in [3.05, 3.63) is 29.6 Å². The minimum atomic E-state index is 0.107. The molecule has 20 heavy (non-hydrogen) atoms. The SMILES string of the molecule is CCC(CN)N1CCN(C(=O)c2ccnc(C)c2)CC1. The van der Waals surface area contributed by atoms with E-state index in [1.807, 2.05) is 17.9 Å². The van der Waals surface area contributed by atoms with E-state index in [-0.39, 0.29) is 5.91 Å². The molecule has 0 radical (unpaired) electrons. The summed E-state index contributed by atoms with van der Waals surface area (Å²) < 4.78 is 0. The van der Waals surface area contributed by atoms with Gasteiger partial charge in [0, 0.05) is 56.2 Å². The maximum Gasteiger partial charge on any atom is 0.254 e. The lowest BCUT2D eigenvalue weighted by molar-refractivity contribution is 0.0571. The van der Waals surface area contributed by atoms with Gasteiger partial charge in [-0.1, -0.05) is 6.92 Å². The van der Waals surface area contributed by atoms with Crippen LogP contribution in [0.3, 0.4) is 0 Å². The Bertz CT molecular complexity index is 451. The summed E-state index contributed by atoms with van der Waals surface area (Å²) in [4.78, 5) is 20.9.